The first-order chi connectivity index (χ1) is 12.2. The van der Waals surface area contributed by atoms with Crippen LogP contribution in [0.3, 0.4) is 0 Å². The molecule has 130 valence electrons. The maximum absolute atomic E-state index is 12.6. The van der Waals surface area contributed by atoms with E-state index in [0.717, 1.165) is 25.7 Å². The largest absolute Gasteiger partial charge is 0.354 e. The molecule has 1 aliphatic carbocycles. The van der Waals surface area contributed by atoms with E-state index < -0.39 is 0 Å². The first-order valence-electron chi connectivity index (χ1n) is 8.70. The van der Waals surface area contributed by atoms with Crippen molar-refractivity contribution in [3.63, 3.8) is 0 Å². The molecular formula is C20H23N3O2. The molecule has 0 unspecified atom stereocenters. The van der Waals surface area contributed by atoms with Gasteiger partial charge < -0.3 is 10.6 Å². The predicted octanol–water partition coefficient (Wildman–Crippen LogP) is 2.34. The average Bonchev–Trinajstić information content (AvgIpc) is 2.63. The molecule has 0 atom stereocenters. The van der Waals surface area contributed by atoms with E-state index in [1.54, 1.807) is 18.3 Å². The molecule has 1 saturated carbocycles. The fourth-order valence-corrected chi connectivity index (χ4v) is 3.21. The van der Waals surface area contributed by atoms with Crippen LogP contribution in [-0.2, 0) is 11.2 Å². The zero-order chi connectivity index (χ0) is 17.5. The highest BCUT2D eigenvalue weighted by molar-refractivity contribution is 5.93. The number of carbonyl (C=O) groups excluding carboxylic acids is 2. The van der Waals surface area contributed by atoms with Crippen LogP contribution in [0.15, 0.2) is 54.9 Å². The summed E-state index contributed by atoms with van der Waals surface area (Å²) < 4.78 is 0. The maximum atomic E-state index is 12.6. The third-order valence-corrected chi connectivity index (χ3v) is 4.80. The van der Waals surface area contributed by atoms with Gasteiger partial charge in [-0.3, -0.25) is 14.6 Å². The van der Waals surface area contributed by atoms with Crippen LogP contribution in [0.2, 0.25) is 0 Å². The maximum Gasteiger partial charge on any atom is 0.252 e. The number of nitrogens with one attached hydrogen (secondary N) is 2. The summed E-state index contributed by atoms with van der Waals surface area (Å²) in [6.45, 7) is 0.836. The fourth-order valence-electron chi connectivity index (χ4n) is 3.21. The molecule has 5 nitrogen and oxygen atoms in total. The van der Waals surface area contributed by atoms with E-state index >= 15 is 0 Å². The second-order valence-corrected chi connectivity index (χ2v) is 6.55. The van der Waals surface area contributed by atoms with E-state index in [9.17, 15) is 9.59 Å². The Hall–Kier alpha value is -2.69. The molecular weight excluding hydrogens is 314 g/mol. The molecule has 0 saturated heterocycles. The molecule has 2 aromatic rings. The van der Waals surface area contributed by atoms with Gasteiger partial charge in [-0.05, 0) is 37.0 Å². The summed E-state index contributed by atoms with van der Waals surface area (Å²) >= 11 is 0. The molecule has 1 heterocycles. The van der Waals surface area contributed by atoms with E-state index in [-0.39, 0.29) is 17.2 Å². The number of hydrogen-bond acceptors (Lipinski definition) is 3. The highest BCUT2D eigenvalue weighted by atomic mass is 16.2. The highest BCUT2D eigenvalue weighted by Gasteiger charge is 2.43. The van der Waals surface area contributed by atoms with Gasteiger partial charge in [-0.2, -0.15) is 0 Å². The van der Waals surface area contributed by atoms with Crippen LogP contribution in [-0.4, -0.2) is 29.9 Å². The number of benzene rings is 1. The number of hydrogen-bond donors (Lipinski definition) is 2. The lowest BCUT2D eigenvalue weighted by Gasteiger charge is -2.40. The summed E-state index contributed by atoms with van der Waals surface area (Å²) in [6, 6.07) is 13.6. The standard InChI is InChI=1S/C20H23N3O2/c24-18(17-8-4-11-21-15-17)22-12-13-23-19(25)20(9-5-10-20)14-16-6-2-1-3-7-16/h1-4,6-8,11,15H,5,9-10,12-14H2,(H,22,24)(H,23,25). The van der Waals surface area contributed by atoms with Crippen molar-refractivity contribution in [1.82, 2.24) is 15.6 Å². The number of carbonyl (C=O) groups is 2. The van der Waals surface area contributed by atoms with Crippen molar-refractivity contribution in [2.45, 2.75) is 25.7 Å². The van der Waals surface area contributed by atoms with Crippen LogP contribution < -0.4 is 10.6 Å². The Labute approximate surface area is 147 Å². The Morgan fingerprint density at radius 2 is 1.76 bits per heavy atom. The van der Waals surface area contributed by atoms with Gasteiger partial charge in [0.05, 0.1) is 11.0 Å². The minimum atomic E-state index is -0.283. The molecule has 0 spiro atoms. The first kappa shape index (κ1) is 17.1. The minimum absolute atomic E-state index is 0.0956. The smallest absolute Gasteiger partial charge is 0.252 e. The molecule has 1 aromatic carbocycles. The van der Waals surface area contributed by atoms with Gasteiger partial charge >= 0.3 is 0 Å². The van der Waals surface area contributed by atoms with Crippen molar-refractivity contribution < 1.29 is 9.59 Å². The van der Waals surface area contributed by atoms with E-state index in [4.69, 9.17) is 0 Å². The van der Waals surface area contributed by atoms with Crippen molar-refractivity contribution in [2.75, 3.05) is 13.1 Å². The molecule has 0 radical (unpaired) electrons. The predicted molar refractivity (Wildman–Crippen MR) is 96.0 cm³/mol. The van der Waals surface area contributed by atoms with Crippen LogP contribution >= 0.6 is 0 Å². The first-order valence-corrected chi connectivity index (χ1v) is 8.70. The normalized spacial score (nSPS) is 15.0. The molecule has 2 amide bonds. The van der Waals surface area contributed by atoms with Gasteiger partial charge in [0.15, 0.2) is 0 Å². The Morgan fingerprint density at radius 3 is 2.40 bits per heavy atom. The number of pyridine rings is 1. The van der Waals surface area contributed by atoms with Gasteiger partial charge in [-0.15, -0.1) is 0 Å². The third-order valence-electron chi connectivity index (χ3n) is 4.80. The van der Waals surface area contributed by atoms with Crippen LogP contribution in [0.25, 0.3) is 0 Å². The molecule has 0 bridgehead atoms. The number of rotatable bonds is 7. The van der Waals surface area contributed by atoms with Crippen LogP contribution in [0.4, 0.5) is 0 Å². The summed E-state index contributed by atoms with van der Waals surface area (Å²) in [4.78, 5) is 28.5. The van der Waals surface area contributed by atoms with Gasteiger partial charge in [0.1, 0.15) is 0 Å². The van der Waals surface area contributed by atoms with Crippen molar-refractivity contribution in [2.24, 2.45) is 5.41 Å². The number of nitrogens with zero attached hydrogens (tertiary/aromatic N) is 1. The van der Waals surface area contributed by atoms with E-state index in [1.807, 2.05) is 18.2 Å². The van der Waals surface area contributed by atoms with Gasteiger partial charge in [-0.25, -0.2) is 0 Å². The summed E-state index contributed by atoms with van der Waals surface area (Å²) in [5, 5.41) is 5.78. The quantitative estimate of drug-likeness (QED) is 0.762. The molecule has 5 heteroatoms. The van der Waals surface area contributed by atoms with Gasteiger partial charge in [0.2, 0.25) is 5.91 Å². The molecule has 3 rings (SSSR count). The monoisotopic (exact) mass is 337 g/mol. The molecule has 25 heavy (non-hydrogen) atoms. The summed E-state index contributed by atoms with van der Waals surface area (Å²) in [5.41, 5.74) is 1.44. The van der Waals surface area contributed by atoms with Crippen molar-refractivity contribution in [3.05, 3.63) is 66.0 Å². The molecule has 1 fully saturated rings. The molecule has 1 aromatic heterocycles. The lowest BCUT2D eigenvalue weighted by molar-refractivity contribution is -0.135. The van der Waals surface area contributed by atoms with E-state index in [0.29, 0.717) is 18.7 Å². The average molecular weight is 337 g/mol. The van der Waals surface area contributed by atoms with Gasteiger partial charge in [-0.1, -0.05) is 36.8 Å². The topological polar surface area (TPSA) is 71.1 Å². The molecule has 0 aliphatic heterocycles. The van der Waals surface area contributed by atoms with Gasteiger partial charge in [0, 0.05) is 25.5 Å². The zero-order valence-electron chi connectivity index (χ0n) is 14.2. The van der Waals surface area contributed by atoms with Crippen molar-refractivity contribution in [3.8, 4) is 0 Å². The van der Waals surface area contributed by atoms with Crippen LogP contribution in [0.5, 0.6) is 0 Å². The Balaban J connectivity index is 1.46. The van der Waals surface area contributed by atoms with E-state index in [2.05, 4.69) is 27.8 Å². The lowest BCUT2D eigenvalue weighted by atomic mass is 9.64. The van der Waals surface area contributed by atoms with Crippen molar-refractivity contribution in [1.29, 1.82) is 0 Å². The summed E-state index contributed by atoms with van der Waals surface area (Å²) in [6.07, 6.45) is 6.88. The highest BCUT2D eigenvalue weighted by Crippen LogP contribution is 2.43. The van der Waals surface area contributed by atoms with Crippen LogP contribution in [0.1, 0.15) is 35.2 Å². The summed E-state index contributed by atoms with van der Waals surface area (Å²) in [7, 11) is 0. The van der Waals surface area contributed by atoms with E-state index in [1.165, 1.54) is 11.8 Å². The second kappa shape index (κ2) is 7.92. The third kappa shape index (κ3) is 4.24. The molecule has 1 aliphatic rings. The van der Waals surface area contributed by atoms with Gasteiger partial charge in [0.25, 0.3) is 5.91 Å². The number of aromatic nitrogens is 1. The Morgan fingerprint density at radius 1 is 1.00 bits per heavy atom. The molecule has 2 N–H and O–H groups in total. The fraction of sp³-hybridized carbons (Fsp3) is 0.350. The summed E-state index contributed by atoms with van der Waals surface area (Å²) in [5.74, 6) is -0.0804. The zero-order valence-corrected chi connectivity index (χ0v) is 14.2. The number of amides is 2. The lowest BCUT2D eigenvalue weighted by Crippen LogP contribution is -2.48. The Bertz CT molecular complexity index is 712. The SMILES string of the molecule is O=C(NCCNC(=O)C1(Cc2ccccc2)CCC1)c1cccnc1. The van der Waals surface area contributed by atoms with Crippen LogP contribution in [0, 0.1) is 5.41 Å². The van der Waals surface area contributed by atoms with Crippen molar-refractivity contribution >= 4 is 11.8 Å². The second-order valence-electron chi connectivity index (χ2n) is 6.55. The minimum Gasteiger partial charge on any atom is -0.354 e. The Kier molecular flexibility index (Phi) is 5.43.